The molecular formula is C27H34N4O4. The number of aromatic nitrogens is 1. The average molecular weight is 479 g/mol. The highest BCUT2D eigenvalue weighted by Gasteiger charge is 2.22. The summed E-state index contributed by atoms with van der Waals surface area (Å²) in [5.41, 5.74) is 4.76. The van der Waals surface area contributed by atoms with E-state index in [-0.39, 0.29) is 18.2 Å². The molecule has 1 heterocycles. The Kier molecular flexibility index (Phi) is 10.3. The number of rotatable bonds is 14. The van der Waals surface area contributed by atoms with E-state index < -0.39 is 11.9 Å². The van der Waals surface area contributed by atoms with Gasteiger partial charge in [-0.1, -0.05) is 55.0 Å². The lowest BCUT2D eigenvalue weighted by molar-refractivity contribution is -0.129. The van der Waals surface area contributed by atoms with Crippen LogP contribution in [0.5, 0.6) is 0 Å². The molecule has 0 bridgehead atoms. The molecule has 1 aromatic heterocycles. The Hall–Kier alpha value is -3.65. The van der Waals surface area contributed by atoms with Crippen LogP contribution in [0, 0.1) is 0 Å². The second-order valence-electron chi connectivity index (χ2n) is 8.66. The summed E-state index contributed by atoms with van der Waals surface area (Å²) in [6, 6.07) is 17.2. The van der Waals surface area contributed by atoms with Crippen molar-refractivity contribution in [1.29, 1.82) is 0 Å². The van der Waals surface area contributed by atoms with Crippen molar-refractivity contribution in [2.45, 2.75) is 57.4 Å². The van der Waals surface area contributed by atoms with Gasteiger partial charge in [0.05, 0.1) is 0 Å². The van der Waals surface area contributed by atoms with Crippen LogP contribution in [-0.4, -0.2) is 40.5 Å². The molecule has 0 aliphatic rings. The fraction of sp³-hybridized carbons (Fsp3) is 0.370. The lowest BCUT2D eigenvalue weighted by atomic mass is 10.0. The van der Waals surface area contributed by atoms with Crippen LogP contribution >= 0.6 is 0 Å². The van der Waals surface area contributed by atoms with Gasteiger partial charge in [-0.3, -0.25) is 19.6 Å². The third kappa shape index (κ3) is 8.57. The van der Waals surface area contributed by atoms with Crippen molar-refractivity contribution in [3.63, 3.8) is 0 Å². The number of hydrogen-bond donors (Lipinski definition) is 5. The van der Waals surface area contributed by atoms with Gasteiger partial charge in [-0.15, -0.1) is 0 Å². The topological polar surface area (TPSA) is 123 Å². The molecule has 186 valence electrons. The molecule has 0 aliphatic carbocycles. The Morgan fingerprint density at radius 3 is 2.40 bits per heavy atom. The van der Waals surface area contributed by atoms with E-state index in [0.717, 1.165) is 29.3 Å². The highest BCUT2D eigenvalue weighted by Crippen LogP contribution is 2.19. The van der Waals surface area contributed by atoms with Gasteiger partial charge in [0.1, 0.15) is 6.04 Å². The van der Waals surface area contributed by atoms with Gasteiger partial charge in [0.25, 0.3) is 0 Å². The summed E-state index contributed by atoms with van der Waals surface area (Å²) in [6.45, 7) is 0.452. The maximum absolute atomic E-state index is 13.0. The number of hydrogen-bond acceptors (Lipinski definition) is 4. The molecule has 35 heavy (non-hydrogen) atoms. The van der Waals surface area contributed by atoms with E-state index in [9.17, 15) is 14.4 Å². The number of H-pyrrole nitrogens is 1. The quantitative estimate of drug-likeness (QED) is 0.138. The first-order chi connectivity index (χ1) is 17.1. The summed E-state index contributed by atoms with van der Waals surface area (Å²) >= 11 is 0. The Bertz CT molecular complexity index is 1100. The molecule has 0 unspecified atom stereocenters. The van der Waals surface area contributed by atoms with Crippen molar-refractivity contribution in [1.82, 2.24) is 21.1 Å². The Morgan fingerprint density at radius 1 is 0.857 bits per heavy atom. The molecule has 5 N–H and O–H groups in total. The number of unbranched alkanes of at least 4 members (excludes halogenated alkanes) is 2. The minimum absolute atomic E-state index is 0.143. The molecule has 0 saturated carbocycles. The van der Waals surface area contributed by atoms with Gasteiger partial charge in [-0.05, 0) is 42.9 Å². The largest absolute Gasteiger partial charge is 0.361 e. The first-order valence-corrected chi connectivity index (χ1v) is 12.2. The molecule has 0 spiro atoms. The van der Waals surface area contributed by atoms with Crippen LogP contribution in [0.1, 0.15) is 49.7 Å². The Balaban J connectivity index is 1.54. The number of nitrogens with one attached hydrogen (secondary N) is 4. The van der Waals surface area contributed by atoms with Gasteiger partial charge < -0.3 is 15.6 Å². The Labute approximate surface area is 205 Å². The number of aryl methyl sites for hydroxylation is 1. The first-order valence-electron chi connectivity index (χ1n) is 12.2. The summed E-state index contributed by atoms with van der Waals surface area (Å²) in [4.78, 5) is 40.0. The highest BCUT2D eigenvalue weighted by atomic mass is 16.5. The second kappa shape index (κ2) is 13.9. The molecule has 0 aliphatic heterocycles. The number of carbonyl (C=O) groups is 3. The summed E-state index contributed by atoms with van der Waals surface area (Å²) in [6.07, 6.45) is 6.45. The monoisotopic (exact) mass is 478 g/mol. The van der Waals surface area contributed by atoms with Crippen LogP contribution < -0.4 is 16.1 Å². The Morgan fingerprint density at radius 2 is 1.60 bits per heavy atom. The molecular weight excluding hydrogens is 444 g/mol. The van der Waals surface area contributed by atoms with Gasteiger partial charge in [-0.2, -0.15) is 0 Å². The third-order valence-electron chi connectivity index (χ3n) is 5.97. The van der Waals surface area contributed by atoms with E-state index >= 15 is 0 Å². The van der Waals surface area contributed by atoms with E-state index in [1.165, 1.54) is 5.56 Å². The minimum atomic E-state index is -0.682. The molecule has 3 rings (SSSR count). The first kappa shape index (κ1) is 26.0. The lowest BCUT2D eigenvalue weighted by Crippen LogP contribution is -2.48. The number of fused-ring (bicyclic) bond motifs is 1. The zero-order valence-electron chi connectivity index (χ0n) is 19.9. The molecule has 3 aromatic rings. The van der Waals surface area contributed by atoms with Gasteiger partial charge in [-0.25, -0.2) is 5.48 Å². The van der Waals surface area contributed by atoms with Crippen LogP contribution in [0.3, 0.4) is 0 Å². The lowest BCUT2D eigenvalue weighted by Gasteiger charge is -2.18. The van der Waals surface area contributed by atoms with Crippen molar-refractivity contribution >= 4 is 28.6 Å². The highest BCUT2D eigenvalue weighted by molar-refractivity contribution is 5.89. The van der Waals surface area contributed by atoms with E-state index in [1.807, 2.05) is 60.8 Å². The van der Waals surface area contributed by atoms with Gasteiger partial charge in [0.15, 0.2) is 0 Å². The van der Waals surface area contributed by atoms with E-state index in [1.54, 1.807) is 5.48 Å². The fourth-order valence-electron chi connectivity index (χ4n) is 4.07. The van der Waals surface area contributed by atoms with E-state index in [2.05, 4.69) is 15.6 Å². The van der Waals surface area contributed by atoms with Crippen molar-refractivity contribution in [3.05, 3.63) is 71.9 Å². The van der Waals surface area contributed by atoms with Crippen molar-refractivity contribution < 1.29 is 19.6 Å². The van der Waals surface area contributed by atoms with Gasteiger partial charge in [0, 0.05) is 42.9 Å². The molecule has 3 amide bonds. The number of carbonyl (C=O) groups excluding carboxylic acids is 3. The molecule has 1 atom stereocenters. The smallest absolute Gasteiger partial charge is 0.243 e. The van der Waals surface area contributed by atoms with E-state index in [0.29, 0.717) is 38.6 Å². The number of amides is 3. The van der Waals surface area contributed by atoms with Crippen LogP contribution in [0.4, 0.5) is 0 Å². The molecule has 8 nitrogen and oxygen atoms in total. The molecule has 0 saturated heterocycles. The molecule has 2 aromatic carbocycles. The van der Waals surface area contributed by atoms with Crippen LogP contribution in [0.25, 0.3) is 10.9 Å². The summed E-state index contributed by atoms with van der Waals surface area (Å²) in [7, 11) is 0. The zero-order chi connectivity index (χ0) is 24.9. The van der Waals surface area contributed by atoms with Crippen molar-refractivity contribution in [2.24, 2.45) is 0 Å². The van der Waals surface area contributed by atoms with Gasteiger partial charge in [0.2, 0.25) is 17.7 Å². The maximum Gasteiger partial charge on any atom is 0.243 e. The summed E-state index contributed by atoms with van der Waals surface area (Å²) in [5, 5.41) is 15.4. The predicted molar refractivity (Wildman–Crippen MR) is 135 cm³/mol. The number of benzene rings is 2. The summed E-state index contributed by atoms with van der Waals surface area (Å²) in [5.74, 6) is -0.779. The number of hydroxylamine groups is 1. The molecule has 0 fully saturated rings. The standard InChI is InChI=1S/C27H34N4O4/c32-25(16-9-12-20-10-3-1-4-11-20)30-24(18-21-19-29-23-14-7-6-13-22(21)23)27(34)28-17-8-2-5-15-26(33)31-35/h1,3-4,6-7,10-11,13-14,19,24,29,35H,2,5,8-9,12,15-18H2,(H,28,34)(H,30,32)(H,31,33)/t24-/m0/s1. The zero-order valence-corrected chi connectivity index (χ0v) is 19.9. The van der Waals surface area contributed by atoms with Crippen LogP contribution in [0.15, 0.2) is 60.8 Å². The fourth-order valence-corrected chi connectivity index (χ4v) is 4.07. The minimum Gasteiger partial charge on any atom is -0.361 e. The third-order valence-corrected chi connectivity index (χ3v) is 5.97. The molecule has 8 heteroatoms. The van der Waals surface area contributed by atoms with Crippen LogP contribution in [0.2, 0.25) is 0 Å². The van der Waals surface area contributed by atoms with Crippen molar-refractivity contribution in [2.75, 3.05) is 6.54 Å². The maximum atomic E-state index is 13.0. The SMILES string of the molecule is O=C(CCCCCNC(=O)[C@H](Cc1c[nH]c2ccccc12)NC(=O)CCCc1ccccc1)NO. The molecule has 0 radical (unpaired) electrons. The van der Waals surface area contributed by atoms with Crippen molar-refractivity contribution in [3.8, 4) is 0 Å². The number of aromatic amines is 1. The second-order valence-corrected chi connectivity index (χ2v) is 8.66. The predicted octanol–water partition coefficient (Wildman–Crippen LogP) is 3.40. The van der Waals surface area contributed by atoms with E-state index in [4.69, 9.17) is 5.21 Å². The van der Waals surface area contributed by atoms with Crippen LogP contribution in [-0.2, 0) is 27.2 Å². The summed E-state index contributed by atoms with van der Waals surface area (Å²) < 4.78 is 0. The van der Waals surface area contributed by atoms with Gasteiger partial charge >= 0.3 is 0 Å². The average Bonchev–Trinajstić information content (AvgIpc) is 3.28. The normalized spacial score (nSPS) is 11.7. The number of para-hydroxylation sites is 1.